The van der Waals surface area contributed by atoms with Crippen molar-refractivity contribution in [2.45, 2.75) is 81.7 Å². The van der Waals surface area contributed by atoms with E-state index in [0.717, 1.165) is 11.1 Å². The molecule has 1 nitrogen and oxygen atoms in total. The molecule has 2 heteroatoms. The first kappa shape index (κ1) is 37.1. The first-order valence-electron chi connectivity index (χ1n) is 11.0. The van der Waals surface area contributed by atoms with Crippen molar-refractivity contribution in [3.05, 3.63) is 77.4 Å². The van der Waals surface area contributed by atoms with E-state index < -0.39 is 0 Å². The van der Waals surface area contributed by atoms with E-state index in [2.05, 4.69) is 69.2 Å². The first-order chi connectivity index (χ1) is 14.7. The molecule has 2 N–H and O–H groups in total. The average Bonchev–Trinajstić information content (AvgIpc) is 2.68. The highest BCUT2D eigenvalue weighted by atomic mass is 32.1. The van der Waals surface area contributed by atoms with E-state index in [0.29, 0.717) is 0 Å². The van der Waals surface area contributed by atoms with Crippen LogP contribution in [0.4, 0.5) is 0 Å². The summed E-state index contributed by atoms with van der Waals surface area (Å²) in [5, 5.41) is 0. The zero-order chi connectivity index (χ0) is 26.5. The van der Waals surface area contributed by atoms with Crippen LogP contribution in [0.3, 0.4) is 0 Å². The van der Waals surface area contributed by atoms with E-state index in [-0.39, 0.29) is 11.5 Å². The van der Waals surface area contributed by atoms with Crippen LogP contribution in [0.15, 0.2) is 60.7 Å². The minimum Gasteiger partial charge on any atom is -0.326 e. The van der Waals surface area contributed by atoms with E-state index in [1.807, 2.05) is 80.5 Å². The van der Waals surface area contributed by atoms with Crippen LogP contribution >= 0.6 is 12.2 Å². The lowest BCUT2D eigenvalue weighted by molar-refractivity contribution is 0.580. The van der Waals surface area contributed by atoms with Crippen molar-refractivity contribution >= 4 is 23.7 Å². The third-order valence-corrected chi connectivity index (χ3v) is 3.51. The van der Waals surface area contributed by atoms with Gasteiger partial charge >= 0.3 is 0 Å². The fourth-order valence-electron chi connectivity index (χ4n) is 2.30. The number of nitrogens with two attached hydrogens (primary N) is 1. The van der Waals surface area contributed by atoms with Gasteiger partial charge in [0.05, 0.1) is 5.92 Å². The maximum Gasteiger partial charge on any atom is 0.0614 e. The summed E-state index contributed by atoms with van der Waals surface area (Å²) < 4.78 is 0. The SMILES string of the molecule is C#CC(C(=C)C)/C(C)=C\C=C/C.C=C(C)c1ccc(C)cc1C.C=S.CC.CC(C)(C)N. The summed E-state index contributed by atoms with van der Waals surface area (Å²) in [5.74, 6) is 5.63. The minimum absolute atomic E-state index is 0. The summed E-state index contributed by atoms with van der Waals surface area (Å²) in [6.07, 6.45) is 11.4. The van der Waals surface area contributed by atoms with Crippen LogP contribution in [0, 0.1) is 32.1 Å². The summed E-state index contributed by atoms with van der Waals surface area (Å²) in [4.78, 5) is 0. The van der Waals surface area contributed by atoms with Crippen molar-refractivity contribution in [2.24, 2.45) is 11.7 Å². The van der Waals surface area contributed by atoms with Crippen molar-refractivity contribution in [1.29, 1.82) is 0 Å². The lowest BCUT2D eigenvalue weighted by Gasteiger charge is -2.09. The van der Waals surface area contributed by atoms with Crippen LogP contribution in [-0.4, -0.2) is 11.4 Å². The van der Waals surface area contributed by atoms with E-state index >= 15 is 0 Å². The Kier molecular flexibility index (Phi) is 25.5. The summed E-state index contributed by atoms with van der Waals surface area (Å²) >= 11 is 3.83. The Hall–Kier alpha value is -2.21. The molecule has 1 rings (SSSR count). The molecule has 0 aliphatic carbocycles. The number of allylic oxidation sites excluding steroid dienone is 6. The van der Waals surface area contributed by atoms with Gasteiger partial charge in [-0.1, -0.05) is 104 Å². The third kappa shape index (κ3) is 24.1. The molecule has 0 aliphatic heterocycles. The lowest BCUT2D eigenvalue weighted by atomic mass is 9.94. The van der Waals surface area contributed by atoms with Gasteiger partial charge < -0.3 is 5.73 Å². The molecule has 0 radical (unpaired) electrons. The Morgan fingerprint density at radius 1 is 1.09 bits per heavy atom. The van der Waals surface area contributed by atoms with Gasteiger partial charge in [0.25, 0.3) is 0 Å². The highest BCUT2D eigenvalue weighted by Gasteiger charge is 2.05. The topological polar surface area (TPSA) is 26.0 Å². The third-order valence-electron chi connectivity index (χ3n) is 3.51. The summed E-state index contributed by atoms with van der Waals surface area (Å²) in [5.41, 5.74) is 12.6. The molecule has 1 aromatic carbocycles. The molecule has 0 spiro atoms. The molecular formula is C30H49NS. The summed E-state index contributed by atoms with van der Waals surface area (Å²) in [6.45, 7) is 29.9. The van der Waals surface area contributed by atoms with Crippen LogP contribution in [0.2, 0.25) is 0 Å². The average molecular weight is 456 g/mol. The standard InChI is InChI=1S/C12H16.C11H14.C4H11N.C2H6.CH2S/c1-6-8-9-11(5)12(7-2)10(3)4;1-8(2)11-6-5-9(3)7-10(11)4;1-4(2,3)5;2*1-2/h2,6,8-9,12H,3H2,1,4-5H3;5-7H,1H2,2-4H3;5H2,1-3H3;1-2H3;1H2/b8-6-,11-9-;;;;. The fourth-order valence-corrected chi connectivity index (χ4v) is 2.30. The van der Waals surface area contributed by atoms with Crippen LogP contribution < -0.4 is 5.73 Å². The van der Waals surface area contributed by atoms with Crippen LogP contribution in [0.5, 0.6) is 0 Å². The second-order valence-electron chi connectivity index (χ2n) is 8.35. The quantitative estimate of drug-likeness (QED) is 0.212. The molecule has 0 amide bonds. The van der Waals surface area contributed by atoms with Gasteiger partial charge in [-0.25, -0.2) is 0 Å². The van der Waals surface area contributed by atoms with Gasteiger partial charge in [-0.3, -0.25) is 0 Å². The molecule has 0 fully saturated rings. The number of aryl methyl sites for hydroxylation is 2. The monoisotopic (exact) mass is 455 g/mol. The Balaban J connectivity index is -0.000000180. The Morgan fingerprint density at radius 2 is 1.53 bits per heavy atom. The number of rotatable bonds is 4. The lowest BCUT2D eigenvalue weighted by Crippen LogP contribution is -2.26. The fraction of sp³-hybridized carbons (Fsp3) is 0.433. The van der Waals surface area contributed by atoms with Gasteiger partial charge in [0, 0.05) is 5.54 Å². The second-order valence-corrected chi connectivity index (χ2v) is 8.35. The van der Waals surface area contributed by atoms with E-state index in [1.165, 1.54) is 22.3 Å². The normalized spacial score (nSPS) is 10.9. The second kappa shape index (κ2) is 22.0. The molecule has 0 bridgehead atoms. The summed E-state index contributed by atoms with van der Waals surface area (Å²) in [7, 11) is 0. The van der Waals surface area contributed by atoms with Gasteiger partial charge in [0.1, 0.15) is 0 Å². The van der Waals surface area contributed by atoms with Gasteiger partial charge in [0.15, 0.2) is 0 Å². The molecule has 1 atom stereocenters. The maximum atomic E-state index is 5.37. The number of thiocarbonyl (C=S) groups is 1. The van der Waals surface area contributed by atoms with E-state index in [9.17, 15) is 0 Å². The number of hydrogen-bond acceptors (Lipinski definition) is 2. The van der Waals surface area contributed by atoms with Gasteiger partial charge in [-0.2, -0.15) is 0 Å². The van der Waals surface area contributed by atoms with Gasteiger partial charge in [-0.15, -0.1) is 6.42 Å². The van der Waals surface area contributed by atoms with Crippen LogP contribution in [-0.2, 0) is 0 Å². The van der Waals surface area contributed by atoms with Crippen molar-refractivity contribution in [2.75, 3.05) is 0 Å². The van der Waals surface area contributed by atoms with Crippen molar-refractivity contribution < 1.29 is 0 Å². The summed E-state index contributed by atoms with van der Waals surface area (Å²) in [6, 6.07) is 6.44. The van der Waals surface area contributed by atoms with Crippen molar-refractivity contribution in [3.63, 3.8) is 0 Å². The molecule has 0 aromatic heterocycles. The zero-order valence-corrected chi connectivity index (χ0v) is 23.5. The molecule has 0 aliphatic rings. The molecule has 1 unspecified atom stereocenters. The number of hydrogen-bond donors (Lipinski definition) is 1. The molecule has 0 heterocycles. The first-order valence-corrected chi connectivity index (χ1v) is 11.5. The Bertz CT molecular complexity index is 746. The predicted molar refractivity (Wildman–Crippen MR) is 156 cm³/mol. The van der Waals surface area contributed by atoms with E-state index in [4.69, 9.17) is 12.2 Å². The van der Waals surface area contributed by atoms with Gasteiger partial charge in [0.2, 0.25) is 0 Å². The Morgan fingerprint density at radius 3 is 1.81 bits per heavy atom. The van der Waals surface area contributed by atoms with Crippen LogP contribution in [0.25, 0.3) is 5.57 Å². The predicted octanol–water partition coefficient (Wildman–Crippen LogP) is 9.06. The molecule has 180 valence electrons. The van der Waals surface area contributed by atoms with Crippen molar-refractivity contribution in [3.8, 4) is 12.3 Å². The zero-order valence-electron chi connectivity index (χ0n) is 22.7. The Labute approximate surface area is 206 Å². The molecule has 32 heavy (non-hydrogen) atoms. The van der Waals surface area contributed by atoms with Crippen molar-refractivity contribution in [1.82, 2.24) is 0 Å². The molecular weight excluding hydrogens is 406 g/mol. The van der Waals surface area contributed by atoms with Crippen LogP contribution in [0.1, 0.15) is 79.0 Å². The molecule has 1 aromatic rings. The maximum absolute atomic E-state index is 5.37. The minimum atomic E-state index is 0. The van der Waals surface area contributed by atoms with E-state index in [1.54, 1.807) is 0 Å². The number of benzene rings is 1. The molecule has 0 saturated carbocycles. The highest BCUT2D eigenvalue weighted by molar-refractivity contribution is 7.77. The van der Waals surface area contributed by atoms with Gasteiger partial charge in [-0.05, 0) is 79.3 Å². The smallest absolute Gasteiger partial charge is 0.0614 e. The number of terminal acetylenes is 1. The highest BCUT2D eigenvalue weighted by Crippen LogP contribution is 2.18. The largest absolute Gasteiger partial charge is 0.326 e. The molecule has 0 saturated heterocycles.